The smallest absolute Gasteiger partial charge is 0.407 e. The minimum Gasteiger partial charge on any atom is -0.488 e. The van der Waals surface area contributed by atoms with Crippen molar-refractivity contribution in [3.63, 3.8) is 0 Å². The van der Waals surface area contributed by atoms with Crippen molar-refractivity contribution in [2.75, 3.05) is 13.1 Å². The molecule has 1 amide bonds. The highest BCUT2D eigenvalue weighted by atomic mass is 127. The summed E-state index contributed by atoms with van der Waals surface area (Å²) in [5, 5.41) is 10.0. The van der Waals surface area contributed by atoms with Crippen LogP contribution in [0, 0.1) is 3.57 Å². The van der Waals surface area contributed by atoms with E-state index in [9.17, 15) is 9.90 Å². The maximum Gasteiger partial charge on any atom is 0.407 e. The van der Waals surface area contributed by atoms with Crippen LogP contribution in [0.4, 0.5) is 4.79 Å². The molecule has 8 heteroatoms. The first kappa shape index (κ1) is 25.0. The number of benzene rings is 1. The van der Waals surface area contributed by atoms with Crippen LogP contribution in [0.3, 0.4) is 0 Å². The van der Waals surface area contributed by atoms with E-state index in [2.05, 4.69) is 67.5 Å². The maximum atomic E-state index is 12.2. The Morgan fingerprint density at radius 1 is 1.38 bits per heavy atom. The number of halogens is 1. The molecular formula is C24H33IN2O4Si. The molecule has 0 radical (unpaired) electrons. The summed E-state index contributed by atoms with van der Waals surface area (Å²) in [6, 6.07) is 9.95. The summed E-state index contributed by atoms with van der Waals surface area (Å²) in [5.74, 6) is 0.855. The quantitative estimate of drug-likeness (QED) is 0.322. The number of rotatable bonds is 7. The number of hydrogen-bond acceptors (Lipinski definition) is 4. The predicted molar refractivity (Wildman–Crippen MR) is 137 cm³/mol. The zero-order chi connectivity index (χ0) is 23.5. The zero-order valence-electron chi connectivity index (χ0n) is 19.5. The third-order valence-corrected chi connectivity index (χ3v) is 11.6. The first-order valence-electron chi connectivity index (χ1n) is 11.0. The molecule has 2 atom stereocenters. The largest absolute Gasteiger partial charge is 0.488 e. The van der Waals surface area contributed by atoms with Crippen LogP contribution in [0.25, 0.3) is 0 Å². The number of aryl methyl sites for hydroxylation is 1. The lowest BCUT2D eigenvalue weighted by Gasteiger charge is -2.40. The fourth-order valence-corrected chi connectivity index (χ4v) is 5.36. The van der Waals surface area contributed by atoms with Crippen LogP contribution in [0.2, 0.25) is 18.1 Å². The van der Waals surface area contributed by atoms with E-state index in [1.54, 1.807) is 12.4 Å². The van der Waals surface area contributed by atoms with Crippen molar-refractivity contribution in [3.8, 4) is 5.75 Å². The van der Waals surface area contributed by atoms with E-state index in [0.29, 0.717) is 6.54 Å². The number of aromatic nitrogens is 1. The van der Waals surface area contributed by atoms with E-state index in [1.807, 2.05) is 24.3 Å². The highest BCUT2D eigenvalue weighted by molar-refractivity contribution is 14.1. The van der Waals surface area contributed by atoms with Crippen LogP contribution in [0.1, 0.15) is 44.4 Å². The second-order valence-electron chi connectivity index (χ2n) is 9.87. The van der Waals surface area contributed by atoms with Gasteiger partial charge in [-0.3, -0.25) is 4.98 Å². The van der Waals surface area contributed by atoms with Gasteiger partial charge in [0.15, 0.2) is 8.32 Å². The molecule has 174 valence electrons. The Balaban J connectivity index is 1.78. The van der Waals surface area contributed by atoms with Gasteiger partial charge in [-0.1, -0.05) is 26.8 Å². The van der Waals surface area contributed by atoms with Crippen molar-refractivity contribution < 1.29 is 19.1 Å². The highest BCUT2D eigenvalue weighted by Crippen LogP contribution is 2.40. The number of amides is 1. The Labute approximate surface area is 205 Å². The predicted octanol–water partition coefficient (Wildman–Crippen LogP) is 6.12. The lowest BCUT2D eigenvalue weighted by Crippen LogP contribution is -2.46. The van der Waals surface area contributed by atoms with E-state index < -0.39 is 14.4 Å². The fourth-order valence-electron chi connectivity index (χ4n) is 3.53. The third kappa shape index (κ3) is 6.23. The van der Waals surface area contributed by atoms with E-state index in [4.69, 9.17) is 9.16 Å². The summed E-state index contributed by atoms with van der Waals surface area (Å²) in [5.41, 5.74) is 2.08. The van der Waals surface area contributed by atoms with E-state index >= 15 is 0 Å². The standard InChI is InChI=1S/C24H33IN2O4Si/c1-24(2,3)32(4,5)31-22(18-7-6-12-26-14-18)16-27(23(28)29)15-20-10-8-17-13-19(25)9-11-21(17)30-20/h6-7,9,11-14,20,22H,8,10,15-16H2,1-5H3,(H,28,29)/t20-,22-/m1/s1. The molecular weight excluding hydrogens is 535 g/mol. The average molecular weight is 569 g/mol. The van der Waals surface area contributed by atoms with Gasteiger partial charge in [-0.05, 0) is 89.0 Å². The molecule has 0 saturated carbocycles. The minimum atomic E-state index is -2.14. The van der Waals surface area contributed by atoms with Crippen LogP contribution < -0.4 is 4.74 Å². The summed E-state index contributed by atoms with van der Waals surface area (Å²) in [6.45, 7) is 11.5. The zero-order valence-corrected chi connectivity index (χ0v) is 22.6. The van der Waals surface area contributed by atoms with Crippen molar-refractivity contribution >= 4 is 37.0 Å². The molecule has 1 N–H and O–H groups in total. The highest BCUT2D eigenvalue weighted by Gasteiger charge is 2.40. The molecule has 6 nitrogen and oxygen atoms in total. The molecule has 2 aromatic rings. The number of ether oxygens (including phenoxy) is 1. The van der Waals surface area contributed by atoms with E-state index in [1.165, 1.54) is 14.0 Å². The molecule has 0 bridgehead atoms. The van der Waals surface area contributed by atoms with E-state index in [0.717, 1.165) is 24.2 Å². The summed E-state index contributed by atoms with van der Waals surface area (Å²) in [4.78, 5) is 17.9. The lowest BCUT2D eigenvalue weighted by atomic mass is 10.0. The molecule has 1 aliphatic heterocycles. The van der Waals surface area contributed by atoms with Gasteiger partial charge in [0.25, 0.3) is 0 Å². The Kier molecular flexibility index (Phi) is 7.88. The third-order valence-electron chi connectivity index (χ3n) is 6.43. The Morgan fingerprint density at radius 2 is 2.12 bits per heavy atom. The van der Waals surface area contributed by atoms with Gasteiger partial charge in [0, 0.05) is 16.0 Å². The van der Waals surface area contributed by atoms with Gasteiger partial charge in [0.05, 0.1) is 19.2 Å². The Bertz CT molecular complexity index is 933. The summed E-state index contributed by atoms with van der Waals surface area (Å²) in [6.07, 6.45) is 3.64. The number of carbonyl (C=O) groups is 1. The first-order chi connectivity index (χ1) is 15.0. The minimum absolute atomic E-state index is 0.00914. The van der Waals surface area contributed by atoms with Crippen LogP contribution in [-0.2, 0) is 10.8 Å². The molecule has 1 aromatic heterocycles. The molecule has 32 heavy (non-hydrogen) atoms. The lowest BCUT2D eigenvalue weighted by molar-refractivity contribution is 0.0688. The van der Waals surface area contributed by atoms with Crippen molar-refractivity contribution in [3.05, 3.63) is 57.4 Å². The van der Waals surface area contributed by atoms with Crippen LogP contribution >= 0.6 is 22.6 Å². The second kappa shape index (κ2) is 10.1. The average Bonchev–Trinajstić information content (AvgIpc) is 2.72. The van der Waals surface area contributed by atoms with Crippen molar-refractivity contribution in [1.29, 1.82) is 0 Å². The van der Waals surface area contributed by atoms with Crippen molar-refractivity contribution in [2.45, 2.75) is 64.0 Å². The first-order valence-corrected chi connectivity index (χ1v) is 15.0. The topological polar surface area (TPSA) is 71.9 Å². The number of fused-ring (bicyclic) bond motifs is 1. The van der Waals surface area contributed by atoms with Gasteiger partial charge in [-0.15, -0.1) is 0 Å². The Morgan fingerprint density at radius 3 is 2.75 bits per heavy atom. The van der Waals surface area contributed by atoms with Gasteiger partial charge in [-0.25, -0.2) is 4.79 Å². The number of hydrogen-bond donors (Lipinski definition) is 1. The molecule has 0 saturated heterocycles. The molecule has 2 heterocycles. The maximum absolute atomic E-state index is 12.2. The van der Waals surface area contributed by atoms with Crippen LogP contribution in [0.5, 0.6) is 5.75 Å². The van der Waals surface area contributed by atoms with Gasteiger partial charge >= 0.3 is 6.09 Å². The summed E-state index contributed by atoms with van der Waals surface area (Å²) >= 11 is 2.30. The summed E-state index contributed by atoms with van der Waals surface area (Å²) in [7, 11) is -2.14. The number of pyridine rings is 1. The van der Waals surface area contributed by atoms with E-state index in [-0.39, 0.29) is 23.8 Å². The SMILES string of the molecule is CC(C)(C)[Si](C)(C)O[C@H](CN(C[C@H]1CCc2cc(I)ccc2O1)C(=O)O)c1cccnc1. The monoisotopic (exact) mass is 568 g/mol. The van der Waals surface area contributed by atoms with Gasteiger partial charge in [0.2, 0.25) is 0 Å². The molecule has 0 fully saturated rings. The normalized spacial score (nSPS) is 17.2. The second-order valence-corrected chi connectivity index (χ2v) is 15.9. The molecule has 1 aliphatic rings. The number of nitrogens with zero attached hydrogens (tertiary/aromatic N) is 2. The van der Waals surface area contributed by atoms with Crippen molar-refractivity contribution in [2.24, 2.45) is 0 Å². The molecule has 0 aliphatic carbocycles. The summed E-state index contributed by atoms with van der Waals surface area (Å²) < 4.78 is 14.0. The van der Waals surface area contributed by atoms with Crippen LogP contribution in [-0.4, -0.2) is 48.6 Å². The van der Waals surface area contributed by atoms with Gasteiger partial charge in [0.1, 0.15) is 11.9 Å². The van der Waals surface area contributed by atoms with Crippen LogP contribution in [0.15, 0.2) is 42.7 Å². The molecule has 3 rings (SSSR count). The van der Waals surface area contributed by atoms with Gasteiger partial charge in [-0.2, -0.15) is 0 Å². The fraction of sp³-hybridized carbons (Fsp3) is 0.500. The van der Waals surface area contributed by atoms with Gasteiger partial charge < -0.3 is 19.2 Å². The molecule has 0 spiro atoms. The Hall–Kier alpha value is -1.65. The van der Waals surface area contributed by atoms with Crippen molar-refractivity contribution in [1.82, 2.24) is 9.88 Å². The number of carboxylic acid groups (broad SMARTS) is 1. The molecule has 0 unspecified atom stereocenters. The molecule has 1 aromatic carbocycles.